The average molecular weight is 394 g/mol. The molecular formula is C17H13Cl2N3O2S. The summed E-state index contributed by atoms with van der Waals surface area (Å²) in [6.07, 6.45) is 0.156. The largest absolute Gasteiger partial charge is 0.491 e. The summed E-state index contributed by atoms with van der Waals surface area (Å²) in [7, 11) is 0. The van der Waals surface area contributed by atoms with Gasteiger partial charge in [0.25, 0.3) is 0 Å². The number of ether oxygens (including phenoxy) is 1. The molecule has 0 saturated heterocycles. The highest BCUT2D eigenvalue weighted by Crippen LogP contribution is 2.31. The number of halogens is 2. The van der Waals surface area contributed by atoms with Gasteiger partial charge in [0.05, 0.1) is 18.1 Å². The molecule has 5 nitrogen and oxygen atoms in total. The monoisotopic (exact) mass is 393 g/mol. The molecule has 1 heterocycles. The van der Waals surface area contributed by atoms with Crippen LogP contribution in [0.4, 0.5) is 5.13 Å². The zero-order valence-electron chi connectivity index (χ0n) is 12.9. The van der Waals surface area contributed by atoms with Gasteiger partial charge >= 0.3 is 0 Å². The fraction of sp³-hybridized carbons (Fsp3) is 0.118. The van der Waals surface area contributed by atoms with Crippen molar-refractivity contribution in [2.24, 2.45) is 0 Å². The number of aromatic nitrogens is 2. The third-order valence-corrected chi connectivity index (χ3v) is 4.88. The van der Waals surface area contributed by atoms with Gasteiger partial charge in [-0.1, -0.05) is 70.9 Å². The maximum absolute atomic E-state index is 12.0. The van der Waals surface area contributed by atoms with Crippen LogP contribution < -0.4 is 10.1 Å². The van der Waals surface area contributed by atoms with E-state index >= 15 is 0 Å². The van der Waals surface area contributed by atoms with Gasteiger partial charge in [-0.3, -0.25) is 4.79 Å². The maximum atomic E-state index is 12.0. The molecule has 0 spiro atoms. The highest BCUT2D eigenvalue weighted by molar-refractivity contribution is 7.18. The molecule has 3 aromatic rings. The molecule has 0 aliphatic heterocycles. The molecule has 1 amide bonds. The van der Waals surface area contributed by atoms with Crippen molar-refractivity contribution >= 4 is 45.6 Å². The summed E-state index contributed by atoms with van der Waals surface area (Å²) in [5.74, 6) is 0.234. The Morgan fingerprint density at radius 2 is 1.88 bits per heavy atom. The molecular weight excluding hydrogens is 381 g/mol. The number of hydrogen-bond acceptors (Lipinski definition) is 5. The summed E-state index contributed by atoms with van der Waals surface area (Å²) in [6, 6.07) is 14.8. The van der Waals surface area contributed by atoms with E-state index in [1.54, 1.807) is 18.2 Å². The summed E-state index contributed by atoms with van der Waals surface area (Å²) in [6.45, 7) is 0.177. The van der Waals surface area contributed by atoms with E-state index in [4.69, 9.17) is 27.9 Å². The molecule has 1 aromatic heterocycles. The second-order valence-electron chi connectivity index (χ2n) is 4.98. The molecule has 25 heavy (non-hydrogen) atoms. The second-order valence-corrected chi connectivity index (χ2v) is 6.74. The predicted octanol–water partition coefficient (Wildman–Crippen LogP) is 4.92. The van der Waals surface area contributed by atoms with Gasteiger partial charge in [-0.2, -0.15) is 0 Å². The standard InChI is InChI=1S/C17H13Cl2N3O2S/c18-12-7-4-8-13(15(12)19)24-10-9-14(23)20-17-22-21-16(25-17)11-5-2-1-3-6-11/h1-8H,9-10H2,(H,20,22,23). The van der Waals surface area contributed by atoms with Crippen LogP contribution in [0, 0.1) is 0 Å². The molecule has 2 aromatic carbocycles. The van der Waals surface area contributed by atoms with Crippen LogP contribution in [-0.2, 0) is 4.79 Å². The number of amides is 1. The minimum atomic E-state index is -0.214. The number of rotatable bonds is 6. The van der Waals surface area contributed by atoms with E-state index in [0.29, 0.717) is 20.9 Å². The minimum Gasteiger partial charge on any atom is -0.491 e. The highest BCUT2D eigenvalue weighted by atomic mass is 35.5. The Kier molecular flexibility index (Phi) is 5.86. The van der Waals surface area contributed by atoms with Crippen molar-refractivity contribution in [3.8, 4) is 16.3 Å². The molecule has 128 valence electrons. The molecule has 0 saturated carbocycles. The molecule has 8 heteroatoms. The lowest BCUT2D eigenvalue weighted by Gasteiger charge is -2.08. The van der Waals surface area contributed by atoms with Crippen molar-refractivity contribution in [3.05, 3.63) is 58.6 Å². The molecule has 3 rings (SSSR count). The zero-order chi connectivity index (χ0) is 17.6. The molecule has 0 fully saturated rings. The van der Waals surface area contributed by atoms with Crippen molar-refractivity contribution < 1.29 is 9.53 Å². The average Bonchev–Trinajstić information content (AvgIpc) is 3.08. The van der Waals surface area contributed by atoms with Gasteiger partial charge in [-0.15, -0.1) is 10.2 Å². The third kappa shape index (κ3) is 4.69. The Labute approximate surface area is 158 Å². The van der Waals surface area contributed by atoms with Gasteiger partial charge in [0.2, 0.25) is 11.0 Å². The number of benzene rings is 2. The van der Waals surface area contributed by atoms with Gasteiger partial charge in [-0.05, 0) is 12.1 Å². The highest BCUT2D eigenvalue weighted by Gasteiger charge is 2.11. The number of carbonyl (C=O) groups is 1. The van der Waals surface area contributed by atoms with Crippen LogP contribution in [0.15, 0.2) is 48.5 Å². The summed E-state index contributed by atoms with van der Waals surface area (Å²) >= 11 is 13.3. The normalized spacial score (nSPS) is 10.5. The van der Waals surface area contributed by atoms with E-state index in [-0.39, 0.29) is 18.9 Å². The molecule has 0 unspecified atom stereocenters. The van der Waals surface area contributed by atoms with Crippen LogP contribution in [0.3, 0.4) is 0 Å². The van der Waals surface area contributed by atoms with Crippen molar-refractivity contribution in [1.29, 1.82) is 0 Å². The fourth-order valence-corrected chi connectivity index (χ4v) is 3.11. The van der Waals surface area contributed by atoms with Crippen LogP contribution >= 0.6 is 34.5 Å². The van der Waals surface area contributed by atoms with Crippen molar-refractivity contribution in [2.45, 2.75) is 6.42 Å². The minimum absolute atomic E-state index is 0.156. The van der Waals surface area contributed by atoms with Crippen LogP contribution in [-0.4, -0.2) is 22.7 Å². The van der Waals surface area contributed by atoms with Gasteiger partial charge < -0.3 is 10.1 Å². The second kappa shape index (κ2) is 8.29. The third-order valence-electron chi connectivity index (χ3n) is 3.19. The van der Waals surface area contributed by atoms with Crippen LogP contribution in [0.25, 0.3) is 10.6 Å². The fourth-order valence-electron chi connectivity index (χ4n) is 2.00. The quantitative estimate of drug-likeness (QED) is 0.645. The lowest BCUT2D eigenvalue weighted by molar-refractivity contribution is -0.116. The van der Waals surface area contributed by atoms with E-state index in [2.05, 4.69) is 15.5 Å². The van der Waals surface area contributed by atoms with Gasteiger partial charge in [0.15, 0.2) is 0 Å². The summed E-state index contributed by atoms with van der Waals surface area (Å²) in [4.78, 5) is 12.0. The maximum Gasteiger partial charge on any atom is 0.229 e. The number of nitrogens with one attached hydrogen (secondary N) is 1. The van der Waals surface area contributed by atoms with E-state index in [1.165, 1.54) is 11.3 Å². The van der Waals surface area contributed by atoms with Crippen LogP contribution in [0.1, 0.15) is 6.42 Å². The van der Waals surface area contributed by atoms with Crippen molar-refractivity contribution in [1.82, 2.24) is 10.2 Å². The van der Waals surface area contributed by atoms with Crippen molar-refractivity contribution in [2.75, 3.05) is 11.9 Å². The Balaban J connectivity index is 1.51. The summed E-state index contributed by atoms with van der Waals surface area (Å²) in [5, 5.41) is 12.7. The first-order valence-electron chi connectivity index (χ1n) is 7.39. The Hall–Kier alpha value is -2.15. The number of carbonyl (C=O) groups excluding carboxylic acids is 1. The van der Waals surface area contributed by atoms with E-state index in [1.807, 2.05) is 30.3 Å². The summed E-state index contributed by atoms with van der Waals surface area (Å²) < 4.78 is 5.49. The van der Waals surface area contributed by atoms with Gasteiger partial charge in [0.1, 0.15) is 15.8 Å². The molecule has 0 aliphatic rings. The number of nitrogens with zero attached hydrogens (tertiary/aromatic N) is 2. The topological polar surface area (TPSA) is 64.1 Å². The Morgan fingerprint density at radius 3 is 2.68 bits per heavy atom. The molecule has 0 aliphatic carbocycles. The zero-order valence-corrected chi connectivity index (χ0v) is 15.2. The SMILES string of the molecule is O=C(CCOc1cccc(Cl)c1Cl)Nc1nnc(-c2ccccc2)s1. The van der Waals surface area contributed by atoms with E-state index < -0.39 is 0 Å². The molecule has 0 radical (unpaired) electrons. The molecule has 0 bridgehead atoms. The predicted molar refractivity (Wildman–Crippen MR) is 101 cm³/mol. The van der Waals surface area contributed by atoms with Crippen LogP contribution in [0.2, 0.25) is 10.0 Å². The lowest BCUT2D eigenvalue weighted by atomic mass is 10.2. The lowest BCUT2D eigenvalue weighted by Crippen LogP contribution is -2.15. The van der Waals surface area contributed by atoms with Crippen molar-refractivity contribution in [3.63, 3.8) is 0 Å². The van der Waals surface area contributed by atoms with Crippen LogP contribution in [0.5, 0.6) is 5.75 Å². The molecule has 1 N–H and O–H groups in total. The Morgan fingerprint density at radius 1 is 1.08 bits per heavy atom. The van der Waals surface area contributed by atoms with E-state index in [9.17, 15) is 4.79 Å². The summed E-state index contributed by atoms with van der Waals surface area (Å²) in [5.41, 5.74) is 0.958. The number of hydrogen-bond donors (Lipinski definition) is 1. The smallest absolute Gasteiger partial charge is 0.229 e. The Bertz CT molecular complexity index is 871. The molecule has 0 atom stereocenters. The van der Waals surface area contributed by atoms with E-state index in [0.717, 1.165) is 10.6 Å². The first kappa shape index (κ1) is 17.7. The van der Waals surface area contributed by atoms with Gasteiger partial charge in [-0.25, -0.2) is 0 Å². The first-order chi connectivity index (χ1) is 12.1. The number of anilines is 1. The van der Waals surface area contributed by atoms with Gasteiger partial charge in [0, 0.05) is 5.56 Å². The first-order valence-corrected chi connectivity index (χ1v) is 8.96.